The Hall–Kier alpha value is -1.84. The first-order chi connectivity index (χ1) is 13.1. The molecule has 0 spiro atoms. The predicted octanol–water partition coefficient (Wildman–Crippen LogP) is 4.41. The largest absolute Gasteiger partial charge is 0.356 e. The van der Waals surface area contributed by atoms with Gasteiger partial charge in [0, 0.05) is 13.0 Å². The Labute approximate surface area is 175 Å². The Balaban J connectivity index is 0.00000280. The normalized spacial score (nSPS) is 15.6. The van der Waals surface area contributed by atoms with Crippen LogP contribution in [0.4, 0.5) is 0 Å². The number of rotatable bonds is 8. The van der Waals surface area contributed by atoms with E-state index in [1.807, 2.05) is 12.1 Å². The van der Waals surface area contributed by atoms with E-state index in [4.69, 9.17) is 0 Å². The van der Waals surface area contributed by atoms with Crippen molar-refractivity contribution in [2.24, 2.45) is 11.3 Å². The molecule has 152 valence electrons. The van der Waals surface area contributed by atoms with Crippen molar-refractivity contribution in [1.29, 1.82) is 0 Å². The quantitative estimate of drug-likeness (QED) is 0.689. The number of piperidine rings is 1. The molecule has 0 aliphatic carbocycles. The van der Waals surface area contributed by atoms with Crippen LogP contribution in [-0.4, -0.2) is 25.5 Å². The zero-order valence-corrected chi connectivity index (χ0v) is 17.6. The first kappa shape index (κ1) is 22.4. The highest BCUT2D eigenvalue weighted by atomic mass is 35.5. The lowest BCUT2D eigenvalue weighted by Gasteiger charge is -2.34. The van der Waals surface area contributed by atoms with E-state index in [1.54, 1.807) is 0 Å². The van der Waals surface area contributed by atoms with Gasteiger partial charge >= 0.3 is 0 Å². The molecule has 1 fully saturated rings. The van der Waals surface area contributed by atoms with Crippen LogP contribution in [0.3, 0.4) is 0 Å². The van der Waals surface area contributed by atoms with Gasteiger partial charge < -0.3 is 10.6 Å². The SMILES string of the molecule is CC1(CNC(=O)CC(Cc2ccccc2)Cc2ccccc2)CCNCC1.Cl. The molecular formula is C24H33ClN2O. The van der Waals surface area contributed by atoms with Gasteiger partial charge in [-0.2, -0.15) is 0 Å². The third kappa shape index (κ3) is 7.29. The molecule has 0 atom stereocenters. The van der Waals surface area contributed by atoms with Gasteiger partial charge in [0.05, 0.1) is 0 Å². The average molecular weight is 401 g/mol. The molecule has 1 aliphatic rings. The fraction of sp³-hybridized carbons (Fsp3) is 0.458. The Morgan fingerprint density at radius 2 is 1.46 bits per heavy atom. The molecule has 0 aromatic heterocycles. The standard InChI is InChI=1S/C24H32N2O.ClH/c1-24(12-14-25-15-13-24)19-26-23(27)18-22(16-20-8-4-2-5-9-20)17-21-10-6-3-7-11-21;/h2-11,22,25H,12-19H2,1H3,(H,26,27);1H. The van der Waals surface area contributed by atoms with Gasteiger partial charge in [0.25, 0.3) is 0 Å². The molecular weight excluding hydrogens is 368 g/mol. The summed E-state index contributed by atoms with van der Waals surface area (Å²) >= 11 is 0. The first-order valence-electron chi connectivity index (χ1n) is 10.2. The Bertz CT molecular complexity index is 658. The second-order valence-corrected chi connectivity index (χ2v) is 8.29. The van der Waals surface area contributed by atoms with Crippen LogP contribution in [0.5, 0.6) is 0 Å². The molecule has 0 bridgehead atoms. The highest BCUT2D eigenvalue weighted by Gasteiger charge is 2.27. The van der Waals surface area contributed by atoms with Crippen molar-refractivity contribution in [3.63, 3.8) is 0 Å². The van der Waals surface area contributed by atoms with Crippen molar-refractivity contribution < 1.29 is 4.79 Å². The van der Waals surface area contributed by atoms with Crippen LogP contribution >= 0.6 is 12.4 Å². The molecule has 2 N–H and O–H groups in total. The molecule has 3 rings (SSSR count). The summed E-state index contributed by atoms with van der Waals surface area (Å²) in [6.45, 7) is 5.18. The van der Waals surface area contributed by atoms with Crippen molar-refractivity contribution >= 4 is 18.3 Å². The van der Waals surface area contributed by atoms with Crippen molar-refractivity contribution in [2.75, 3.05) is 19.6 Å². The molecule has 28 heavy (non-hydrogen) atoms. The molecule has 4 heteroatoms. The second kappa shape index (κ2) is 11.2. The molecule has 0 unspecified atom stereocenters. The molecule has 1 saturated heterocycles. The molecule has 1 amide bonds. The highest BCUT2D eigenvalue weighted by Crippen LogP contribution is 2.27. The van der Waals surface area contributed by atoms with Gasteiger partial charge in [0.15, 0.2) is 0 Å². The summed E-state index contributed by atoms with van der Waals surface area (Å²) in [4.78, 5) is 12.7. The molecule has 1 aliphatic heterocycles. The van der Waals surface area contributed by atoms with Crippen molar-refractivity contribution in [3.05, 3.63) is 71.8 Å². The van der Waals surface area contributed by atoms with E-state index in [9.17, 15) is 4.79 Å². The number of hydrogen-bond donors (Lipinski definition) is 2. The van der Waals surface area contributed by atoms with Crippen LogP contribution in [0.25, 0.3) is 0 Å². The van der Waals surface area contributed by atoms with E-state index in [0.29, 0.717) is 12.3 Å². The number of carbonyl (C=O) groups is 1. The fourth-order valence-electron chi connectivity index (χ4n) is 3.96. The minimum atomic E-state index is 0. The predicted molar refractivity (Wildman–Crippen MR) is 119 cm³/mol. The lowest BCUT2D eigenvalue weighted by molar-refractivity contribution is -0.122. The fourth-order valence-corrected chi connectivity index (χ4v) is 3.96. The van der Waals surface area contributed by atoms with E-state index >= 15 is 0 Å². The summed E-state index contributed by atoms with van der Waals surface area (Å²) < 4.78 is 0. The minimum Gasteiger partial charge on any atom is -0.356 e. The Morgan fingerprint density at radius 3 is 1.96 bits per heavy atom. The molecule has 0 radical (unpaired) electrons. The smallest absolute Gasteiger partial charge is 0.220 e. The minimum absolute atomic E-state index is 0. The zero-order valence-electron chi connectivity index (χ0n) is 16.8. The van der Waals surface area contributed by atoms with Gasteiger partial charge in [-0.3, -0.25) is 4.79 Å². The van der Waals surface area contributed by atoms with Crippen LogP contribution in [0.1, 0.15) is 37.3 Å². The van der Waals surface area contributed by atoms with E-state index in [-0.39, 0.29) is 23.7 Å². The number of benzene rings is 2. The lowest BCUT2D eigenvalue weighted by Crippen LogP contribution is -2.43. The molecule has 1 heterocycles. The molecule has 2 aromatic carbocycles. The number of nitrogens with one attached hydrogen (secondary N) is 2. The maximum Gasteiger partial charge on any atom is 0.220 e. The molecule has 2 aromatic rings. The maximum atomic E-state index is 12.7. The number of carbonyl (C=O) groups excluding carboxylic acids is 1. The Kier molecular flexibility index (Phi) is 9.01. The second-order valence-electron chi connectivity index (χ2n) is 8.29. The van der Waals surface area contributed by atoms with Crippen LogP contribution in [0.2, 0.25) is 0 Å². The molecule has 3 nitrogen and oxygen atoms in total. The monoisotopic (exact) mass is 400 g/mol. The van der Waals surface area contributed by atoms with E-state index in [2.05, 4.69) is 66.1 Å². The van der Waals surface area contributed by atoms with Crippen molar-refractivity contribution in [1.82, 2.24) is 10.6 Å². The van der Waals surface area contributed by atoms with Gasteiger partial charge in [-0.1, -0.05) is 67.6 Å². The molecule has 0 saturated carbocycles. The number of amides is 1. The summed E-state index contributed by atoms with van der Waals surface area (Å²) in [6.07, 6.45) is 4.71. The van der Waals surface area contributed by atoms with Crippen molar-refractivity contribution in [2.45, 2.75) is 39.0 Å². The van der Waals surface area contributed by atoms with E-state index < -0.39 is 0 Å². The van der Waals surface area contributed by atoms with Crippen LogP contribution in [0.15, 0.2) is 60.7 Å². The van der Waals surface area contributed by atoms with Crippen LogP contribution in [-0.2, 0) is 17.6 Å². The van der Waals surface area contributed by atoms with Gasteiger partial charge in [0.1, 0.15) is 0 Å². The van der Waals surface area contributed by atoms with Gasteiger partial charge in [-0.25, -0.2) is 0 Å². The first-order valence-corrected chi connectivity index (χ1v) is 10.2. The highest BCUT2D eigenvalue weighted by molar-refractivity contribution is 5.85. The lowest BCUT2D eigenvalue weighted by atomic mass is 9.81. The van der Waals surface area contributed by atoms with E-state index in [0.717, 1.165) is 45.3 Å². The summed E-state index contributed by atoms with van der Waals surface area (Å²) in [7, 11) is 0. The van der Waals surface area contributed by atoms with Crippen molar-refractivity contribution in [3.8, 4) is 0 Å². The summed E-state index contributed by atoms with van der Waals surface area (Å²) in [5.74, 6) is 0.502. The average Bonchev–Trinajstić information content (AvgIpc) is 2.69. The number of halogens is 1. The summed E-state index contributed by atoms with van der Waals surface area (Å²) in [6, 6.07) is 21.0. The Morgan fingerprint density at radius 1 is 0.964 bits per heavy atom. The topological polar surface area (TPSA) is 41.1 Å². The zero-order chi connectivity index (χ0) is 19.0. The third-order valence-corrected chi connectivity index (χ3v) is 5.73. The van der Waals surface area contributed by atoms with Crippen LogP contribution < -0.4 is 10.6 Å². The number of hydrogen-bond acceptors (Lipinski definition) is 2. The maximum absolute atomic E-state index is 12.7. The summed E-state index contributed by atoms with van der Waals surface area (Å²) in [5.41, 5.74) is 2.84. The van der Waals surface area contributed by atoms with E-state index in [1.165, 1.54) is 11.1 Å². The van der Waals surface area contributed by atoms with Crippen LogP contribution in [0, 0.1) is 11.3 Å². The summed E-state index contributed by atoms with van der Waals surface area (Å²) in [5, 5.41) is 6.63. The third-order valence-electron chi connectivity index (χ3n) is 5.73. The van der Waals surface area contributed by atoms with Gasteiger partial charge in [-0.15, -0.1) is 12.4 Å². The van der Waals surface area contributed by atoms with Gasteiger partial charge in [0.2, 0.25) is 5.91 Å². The van der Waals surface area contributed by atoms with Gasteiger partial charge in [-0.05, 0) is 61.2 Å².